The van der Waals surface area contributed by atoms with E-state index in [1.54, 1.807) is 11.3 Å². The zero-order valence-corrected chi connectivity index (χ0v) is 17.6. The highest BCUT2D eigenvalue weighted by Crippen LogP contribution is 2.22. The minimum absolute atomic E-state index is 0. The maximum absolute atomic E-state index is 9.56. The Balaban J connectivity index is 0.00000242. The molecule has 1 aliphatic rings. The summed E-state index contributed by atoms with van der Waals surface area (Å²) in [4.78, 5) is 6.00. The molecule has 0 aliphatic heterocycles. The van der Waals surface area contributed by atoms with Crippen molar-refractivity contribution in [3.8, 4) is 0 Å². The number of thiophene rings is 1. The molecule has 4 nitrogen and oxygen atoms in total. The van der Waals surface area contributed by atoms with E-state index >= 15 is 0 Å². The zero-order chi connectivity index (χ0) is 15.1. The van der Waals surface area contributed by atoms with Crippen molar-refractivity contribution < 1.29 is 5.11 Å². The summed E-state index contributed by atoms with van der Waals surface area (Å²) >= 11 is 5.25. The van der Waals surface area contributed by atoms with Crippen LogP contribution >= 0.6 is 51.2 Å². The highest BCUT2D eigenvalue weighted by Gasteiger charge is 2.19. The Morgan fingerprint density at radius 3 is 2.68 bits per heavy atom. The summed E-state index contributed by atoms with van der Waals surface area (Å²) in [5.74, 6) is 0.898. The van der Waals surface area contributed by atoms with Crippen molar-refractivity contribution in [2.75, 3.05) is 13.1 Å². The fraction of sp³-hybridized carbons (Fsp3) is 0.667. The molecule has 0 spiro atoms. The number of aliphatic hydroxyl groups excluding tert-OH is 1. The summed E-state index contributed by atoms with van der Waals surface area (Å²) in [6.45, 7) is 3.74. The molecule has 7 heteroatoms. The van der Waals surface area contributed by atoms with Gasteiger partial charge in [-0.25, -0.2) is 0 Å². The lowest BCUT2D eigenvalue weighted by atomic mass is 9.93. The highest BCUT2D eigenvalue weighted by atomic mass is 127. The molecule has 3 N–H and O–H groups in total. The average Bonchev–Trinajstić information content (AvgIpc) is 2.87. The molecule has 126 valence electrons. The first-order valence-corrected chi connectivity index (χ1v) is 9.25. The third-order valence-electron chi connectivity index (χ3n) is 3.64. The summed E-state index contributed by atoms with van der Waals surface area (Å²) < 4.78 is 1.17. The maximum Gasteiger partial charge on any atom is 0.191 e. The molecule has 1 aromatic heterocycles. The zero-order valence-electron chi connectivity index (χ0n) is 12.8. The van der Waals surface area contributed by atoms with E-state index in [0.29, 0.717) is 6.04 Å². The van der Waals surface area contributed by atoms with Gasteiger partial charge in [-0.1, -0.05) is 0 Å². The van der Waals surface area contributed by atoms with Crippen LogP contribution < -0.4 is 10.6 Å². The number of rotatable bonds is 5. The Kier molecular flexibility index (Phi) is 9.94. The molecule has 1 aliphatic carbocycles. The third kappa shape index (κ3) is 7.14. The van der Waals surface area contributed by atoms with Crippen molar-refractivity contribution in [1.29, 1.82) is 0 Å². The highest BCUT2D eigenvalue weighted by molar-refractivity contribution is 14.0. The van der Waals surface area contributed by atoms with Gasteiger partial charge in [0, 0.05) is 30.4 Å². The van der Waals surface area contributed by atoms with E-state index in [9.17, 15) is 5.11 Å². The Hall–Kier alpha value is 0.140. The monoisotopic (exact) mass is 501 g/mol. The number of aliphatic hydroxyl groups is 1. The molecule has 0 aromatic carbocycles. The number of halogens is 2. The van der Waals surface area contributed by atoms with Crippen molar-refractivity contribution in [1.82, 2.24) is 10.6 Å². The van der Waals surface area contributed by atoms with Crippen LogP contribution in [0.4, 0.5) is 0 Å². The van der Waals surface area contributed by atoms with Gasteiger partial charge >= 0.3 is 0 Å². The van der Waals surface area contributed by atoms with E-state index in [0.717, 1.165) is 51.2 Å². The van der Waals surface area contributed by atoms with Crippen LogP contribution in [0.25, 0.3) is 0 Å². The number of guanidine groups is 1. The first-order valence-electron chi connectivity index (χ1n) is 7.64. The fourth-order valence-electron chi connectivity index (χ4n) is 2.50. The smallest absolute Gasteiger partial charge is 0.191 e. The Morgan fingerprint density at radius 1 is 1.36 bits per heavy atom. The Labute approximate surface area is 162 Å². The number of aliphatic imine (C=N–C) groups is 1. The van der Waals surface area contributed by atoms with Crippen LogP contribution in [-0.4, -0.2) is 36.3 Å². The Morgan fingerprint density at radius 2 is 2.09 bits per heavy atom. The van der Waals surface area contributed by atoms with Gasteiger partial charge in [0.25, 0.3) is 0 Å². The van der Waals surface area contributed by atoms with Crippen molar-refractivity contribution in [2.45, 2.75) is 51.2 Å². The topological polar surface area (TPSA) is 56.7 Å². The van der Waals surface area contributed by atoms with Crippen molar-refractivity contribution in [3.05, 3.63) is 20.8 Å². The molecule has 0 unspecified atom stereocenters. The number of nitrogens with zero attached hydrogens (tertiary/aromatic N) is 1. The molecule has 0 amide bonds. The van der Waals surface area contributed by atoms with Crippen LogP contribution in [-0.2, 0) is 6.42 Å². The normalized spacial score (nSPS) is 22.0. The molecule has 1 fully saturated rings. The van der Waals surface area contributed by atoms with Crippen LogP contribution in [0.1, 0.15) is 37.5 Å². The van der Waals surface area contributed by atoms with E-state index < -0.39 is 0 Å². The third-order valence-corrected chi connectivity index (χ3v) is 5.32. The van der Waals surface area contributed by atoms with E-state index in [2.05, 4.69) is 50.6 Å². The van der Waals surface area contributed by atoms with Gasteiger partial charge in [0.2, 0.25) is 0 Å². The van der Waals surface area contributed by atoms with Gasteiger partial charge < -0.3 is 15.7 Å². The molecule has 1 aromatic rings. The second kappa shape index (κ2) is 10.8. The molecule has 0 atom stereocenters. The molecule has 1 heterocycles. The lowest BCUT2D eigenvalue weighted by Crippen LogP contribution is -2.45. The molecule has 0 bridgehead atoms. The molecule has 22 heavy (non-hydrogen) atoms. The first kappa shape index (κ1) is 20.2. The number of hydrogen-bond acceptors (Lipinski definition) is 3. The van der Waals surface area contributed by atoms with Crippen molar-refractivity contribution >= 4 is 57.2 Å². The summed E-state index contributed by atoms with van der Waals surface area (Å²) in [7, 11) is 0. The summed E-state index contributed by atoms with van der Waals surface area (Å²) in [6.07, 6.45) is 4.67. The minimum Gasteiger partial charge on any atom is -0.393 e. The van der Waals surface area contributed by atoms with Crippen LogP contribution in [0.3, 0.4) is 0 Å². The number of hydrogen-bond donors (Lipinski definition) is 3. The van der Waals surface area contributed by atoms with Gasteiger partial charge in [-0.05, 0) is 60.7 Å². The predicted molar refractivity (Wildman–Crippen MR) is 109 cm³/mol. The van der Waals surface area contributed by atoms with E-state index in [-0.39, 0.29) is 30.1 Å². The lowest BCUT2D eigenvalue weighted by Gasteiger charge is -2.27. The van der Waals surface area contributed by atoms with E-state index in [4.69, 9.17) is 0 Å². The number of nitrogens with one attached hydrogen (secondary N) is 2. The van der Waals surface area contributed by atoms with Crippen LogP contribution in [0.2, 0.25) is 0 Å². The second-order valence-corrected chi connectivity index (χ2v) is 7.91. The van der Waals surface area contributed by atoms with Gasteiger partial charge in [-0.3, -0.25) is 4.99 Å². The molecule has 2 rings (SSSR count). The van der Waals surface area contributed by atoms with Gasteiger partial charge in [0.15, 0.2) is 5.96 Å². The average molecular weight is 502 g/mol. The summed E-state index contributed by atoms with van der Waals surface area (Å²) in [5, 5.41) is 16.4. The minimum atomic E-state index is -0.111. The van der Waals surface area contributed by atoms with E-state index in [1.165, 1.54) is 8.66 Å². The standard InChI is InChI=1S/C15H24BrN3OS.HI/c1-2-17-15(19-11-3-5-12(20)6-4-11)18-10-9-13-7-8-14(16)21-13;/h7-8,11-12,20H,2-6,9-10H2,1H3,(H2,17,18,19);1H. The predicted octanol–water partition coefficient (Wildman–Crippen LogP) is 3.53. The van der Waals surface area contributed by atoms with Crippen LogP contribution in [0, 0.1) is 0 Å². The van der Waals surface area contributed by atoms with Gasteiger partial charge in [0.1, 0.15) is 0 Å². The second-order valence-electron chi connectivity index (χ2n) is 5.37. The van der Waals surface area contributed by atoms with Crippen molar-refractivity contribution in [2.24, 2.45) is 4.99 Å². The van der Waals surface area contributed by atoms with E-state index in [1.807, 2.05) is 0 Å². The van der Waals surface area contributed by atoms with Crippen LogP contribution in [0.5, 0.6) is 0 Å². The van der Waals surface area contributed by atoms with Gasteiger partial charge in [-0.2, -0.15) is 0 Å². The van der Waals surface area contributed by atoms with Gasteiger partial charge in [0.05, 0.1) is 9.89 Å². The van der Waals surface area contributed by atoms with Crippen molar-refractivity contribution in [3.63, 3.8) is 0 Å². The molecule has 1 saturated carbocycles. The first-order chi connectivity index (χ1) is 10.2. The SMILES string of the molecule is CCNC(=NCCc1ccc(Br)s1)NC1CCC(O)CC1.I. The van der Waals surface area contributed by atoms with Crippen LogP contribution in [0.15, 0.2) is 20.9 Å². The molecular formula is C15H25BrIN3OS. The summed E-state index contributed by atoms with van der Waals surface area (Å²) in [6, 6.07) is 4.66. The quantitative estimate of drug-likeness (QED) is 0.328. The molecule has 0 saturated heterocycles. The lowest BCUT2D eigenvalue weighted by molar-refractivity contribution is 0.120. The summed E-state index contributed by atoms with van der Waals surface area (Å²) in [5.41, 5.74) is 0. The molecular weight excluding hydrogens is 477 g/mol. The van der Waals surface area contributed by atoms with Gasteiger partial charge in [-0.15, -0.1) is 35.3 Å². The largest absolute Gasteiger partial charge is 0.393 e. The fourth-order valence-corrected chi connectivity index (χ4v) is 3.97. The molecule has 0 radical (unpaired) electrons. The maximum atomic E-state index is 9.56. The Bertz CT molecular complexity index is 461.